The smallest absolute Gasteiger partial charge is 0.304 e. The Morgan fingerprint density at radius 2 is 2.00 bits per heavy atom. The van der Waals surface area contributed by atoms with Gasteiger partial charge in [-0.2, -0.15) is 0 Å². The topological polar surface area (TPSA) is 69.8 Å². The molecule has 0 bridgehead atoms. The first-order chi connectivity index (χ1) is 9.93. The standard InChI is InChI=1S/C14H23N3O3S/c1-4-10(2)15-5-7-16(8-6-15)14-12(17(19)20)9-13(21-14)11(3)18/h9-11,18H,4-8H2,1-3H3. The number of piperazine rings is 1. The Morgan fingerprint density at radius 3 is 2.48 bits per heavy atom. The first-order valence-corrected chi connectivity index (χ1v) is 8.20. The third-order valence-corrected chi connectivity index (χ3v) is 5.49. The zero-order valence-electron chi connectivity index (χ0n) is 12.8. The van der Waals surface area contributed by atoms with Gasteiger partial charge in [0.05, 0.1) is 11.0 Å². The molecule has 1 aliphatic rings. The SMILES string of the molecule is CCC(C)N1CCN(c2sc(C(C)O)cc2[N+](=O)[O-])CC1. The highest BCUT2D eigenvalue weighted by molar-refractivity contribution is 7.16. The molecule has 0 aromatic carbocycles. The van der Waals surface area contributed by atoms with Gasteiger partial charge in [-0.1, -0.05) is 6.92 Å². The fraction of sp³-hybridized carbons (Fsp3) is 0.714. The normalized spacial score (nSPS) is 19.5. The van der Waals surface area contributed by atoms with Crippen LogP contribution in [-0.4, -0.2) is 47.2 Å². The van der Waals surface area contributed by atoms with Crippen LogP contribution in [0.2, 0.25) is 0 Å². The summed E-state index contributed by atoms with van der Waals surface area (Å²) < 4.78 is 0. The quantitative estimate of drug-likeness (QED) is 0.668. The third-order valence-electron chi connectivity index (χ3n) is 4.14. The van der Waals surface area contributed by atoms with Crippen LogP contribution in [0.3, 0.4) is 0 Å². The van der Waals surface area contributed by atoms with E-state index in [0.29, 0.717) is 15.9 Å². The molecule has 1 saturated heterocycles. The molecule has 1 aliphatic heterocycles. The minimum absolute atomic E-state index is 0.118. The average molecular weight is 313 g/mol. The van der Waals surface area contributed by atoms with Crippen LogP contribution >= 0.6 is 11.3 Å². The second-order valence-electron chi connectivity index (χ2n) is 5.55. The van der Waals surface area contributed by atoms with Crippen molar-refractivity contribution in [1.82, 2.24) is 4.90 Å². The molecule has 1 fully saturated rings. The Labute approximate surface area is 129 Å². The van der Waals surface area contributed by atoms with Gasteiger partial charge in [0.1, 0.15) is 0 Å². The van der Waals surface area contributed by atoms with E-state index in [4.69, 9.17) is 0 Å². The number of thiophene rings is 1. The summed E-state index contributed by atoms with van der Waals surface area (Å²) in [6.45, 7) is 9.48. The summed E-state index contributed by atoms with van der Waals surface area (Å²) in [6.07, 6.45) is 0.453. The number of anilines is 1. The molecule has 2 rings (SSSR count). The molecule has 0 saturated carbocycles. The minimum Gasteiger partial charge on any atom is -0.388 e. The van der Waals surface area contributed by atoms with Crippen molar-refractivity contribution >= 4 is 22.0 Å². The summed E-state index contributed by atoms with van der Waals surface area (Å²) in [4.78, 5) is 16.0. The zero-order valence-corrected chi connectivity index (χ0v) is 13.6. The Hall–Kier alpha value is -1.18. The average Bonchev–Trinajstić information content (AvgIpc) is 2.92. The Morgan fingerprint density at radius 1 is 1.38 bits per heavy atom. The fourth-order valence-corrected chi connectivity index (χ4v) is 3.69. The number of nitrogens with zero attached hydrogens (tertiary/aromatic N) is 3. The van der Waals surface area contributed by atoms with Gasteiger partial charge in [0.2, 0.25) is 0 Å². The molecule has 0 spiro atoms. The van der Waals surface area contributed by atoms with Crippen molar-refractivity contribution < 1.29 is 10.0 Å². The summed E-state index contributed by atoms with van der Waals surface area (Å²) in [5.74, 6) is 0. The molecule has 0 amide bonds. The van der Waals surface area contributed by atoms with Crippen molar-refractivity contribution in [3.63, 3.8) is 0 Å². The second-order valence-corrected chi connectivity index (χ2v) is 6.61. The first kappa shape index (κ1) is 16.2. The summed E-state index contributed by atoms with van der Waals surface area (Å²) >= 11 is 1.33. The molecule has 2 unspecified atom stereocenters. The lowest BCUT2D eigenvalue weighted by Crippen LogP contribution is -2.49. The van der Waals surface area contributed by atoms with Crippen molar-refractivity contribution in [3.05, 3.63) is 21.1 Å². The number of aliphatic hydroxyl groups excluding tert-OH is 1. The van der Waals surface area contributed by atoms with E-state index in [2.05, 4.69) is 23.6 Å². The number of hydrogen-bond donors (Lipinski definition) is 1. The van der Waals surface area contributed by atoms with Crippen LogP contribution in [-0.2, 0) is 0 Å². The summed E-state index contributed by atoms with van der Waals surface area (Å²) in [5, 5.41) is 21.5. The first-order valence-electron chi connectivity index (χ1n) is 7.39. The maximum Gasteiger partial charge on any atom is 0.304 e. The molecule has 2 atom stereocenters. The monoisotopic (exact) mass is 313 g/mol. The number of aliphatic hydroxyl groups is 1. The van der Waals surface area contributed by atoms with Gasteiger partial charge in [-0.15, -0.1) is 11.3 Å². The summed E-state index contributed by atoms with van der Waals surface area (Å²) in [5.41, 5.74) is 0.118. The van der Waals surface area contributed by atoms with Crippen molar-refractivity contribution in [1.29, 1.82) is 0 Å². The number of nitro groups is 1. The molecular formula is C14H23N3O3S. The predicted octanol–water partition coefficient (Wildman–Crippen LogP) is 2.63. The van der Waals surface area contributed by atoms with Gasteiger partial charge in [0.25, 0.3) is 0 Å². The molecule has 7 heteroatoms. The van der Waals surface area contributed by atoms with Crippen LogP contribution in [0, 0.1) is 10.1 Å². The largest absolute Gasteiger partial charge is 0.388 e. The van der Waals surface area contributed by atoms with Crippen molar-refractivity contribution in [3.8, 4) is 0 Å². The van der Waals surface area contributed by atoms with Crippen molar-refractivity contribution in [2.45, 2.75) is 39.3 Å². The molecule has 1 aromatic heterocycles. The highest BCUT2D eigenvalue weighted by Gasteiger charge is 2.28. The summed E-state index contributed by atoms with van der Waals surface area (Å²) in [7, 11) is 0. The van der Waals surface area contributed by atoms with E-state index in [0.717, 1.165) is 32.6 Å². The van der Waals surface area contributed by atoms with E-state index >= 15 is 0 Å². The molecule has 21 heavy (non-hydrogen) atoms. The van der Waals surface area contributed by atoms with Gasteiger partial charge in [-0.25, -0.2) is 0 Å². The fourth-order valence-electron chi connectivity index (χ4n) is 2.58. The van der Waals surface area contributed by atoms with Crippen LogP contribution in [0.4, 0.5) is 10.7 Å². The molecule has 0 aliphatic carbocycles. The van der Waals surface area contributed by atoms with Crippen LogP contribution in [0.15, 0.2) is 6.07 Å². The van der Waals surface area contributed by atoms with Crippen LogP contribution < -0.4 is 4.90 Å². The van der Waals surface area contributed by atoms with Crippen LogP contribution in [0.5, 0.6) is 0 Å². The van der Waals surface area contributed by atoms with Gasteiger partial charge in [-0.05, 0) is 20.3 Å². The van der Waals surface area contributed by atoms with Crippen molar-refractivity contribution in [2.24, 2.45) is 0 Å². The Bertz CT molecular complexity index is 496. The Kier molecular flexibility index (Phi) is 5.18. The van der Waals surface area contributed by atoms with Crippen molar-refractivity contribution in [2.75, 3.05) is 31.1 Å². The van der Waals surface area contributed by atoms with E-state index < -0.39 is 6.10 Å². The maximum absolute atomic E-state index is 11.2. The molecule has 0 radical (unpaired) electrons. The second kappa shape index (κ2) is 6.72. The van der Waals surface area contributed by atoms with E-state index in [1.807, 2.05) is 0 Å². The van der Waals surface area contributed by atoms with Gasteiger partial charge in [0.15, 0.2) is 5.00 Å². The number of rotatable bonds is 5. The van der Waals surface area contributed by atoms with E-state index in [9.17, 15) is 15.2 Å². The lowest BCUT2D eigenvalue weighted by atomic mass is 10.2. The van der Waals surface area contributed by atoms with E-state index in [1.165, 1.54) is 17.4 Å². The zero-order chi connectivity index (χ0) is 15.6. The van der Waals surface area contributed by atoms with E-state index in [-0.39, 0.29) is 10.6 Å². The molecular weight excluding hydrogens is 290 g/mol. The Balaban J connectivity index is 2.14. The maximum atomic E-state index is 11.2. The minimum atomic E-state index is -0.663. The molecule has 1 N–H and O–H groups in total. The van der Waals surface area contributed by atoms with Gasteiger partial charge in [0, 0.05) is 43.2 Å². The summed E-state index contributed by atoms with van der Waals surface area (Å²) in [6, 6.07) is 2.06. The van der Waals surface area contributed by atoms with Crippen LogP contribution in [0.1, 0.15) is 38.2 Å². The van der Waals surface area contributed by atoms with Gasteiger partial charge >= 0.3 is 5.69 Å². The third kappa shape index (κ3) is 3.53. The molecule has 118 valence electrons. The highest BCUT2D eigenvalue weighted by Crippen LogP contribution is 2.40. The van der Waals surface area contributed by atoms with E-state index in [1.54, 1.807) is 6.92 Å². The molecule has 2 heterocycles. The highest BCUT2D eigenvalue weighted by atomic mass is 32.1. The lowest BCUT2D eigenvalue weighted by molar-refractivity contribution is -0.383. The molecule has 6 nitrogen and oxygen atoms in total. The van der Waals surface area contributed by atoms with Gasteiger partial charge in [-0.3, -0.25) is 15.0 Å². The van der Waals surface area contributed by atoms with Crippen LogP contribution in [0.25, 0.3) is 0 Å². The lowest BCUT2D eigenvalue weighted by Gasteiger charge is -2.38. The predicted molar refractivity (Wildman–Crippen MR) is 85.1 cm³/mol. The number of hydrogen-bond acceptors (Lipinski definition) is 6. The van der Waals surface area contributed by atoms with Gasteiger partial charge < -0.3 is 10.0 Å². The molecule has 1 aromatic rings.